The minimum absolute atomic E-state index is 0.0815. The molecule has 150 valence electrons. The van der Waals surface area contributed by atoms with Gasteiger partial charge in [0.1, 0.15) is 11.8 Å². The van der Waals surface area contributed by atoms with Crippen LogP contribution in [0.15, 0.2) is 41.6 Å². The number of aromatic carboxylic acids is 1. The largest absolute Gasteiger partial charge is 0.477 e. The van der Waals surface area contributed by atoms with Crippen molar-refractivity contribution in [2.24, 2.45) is 0 Å². The number of aromatic nitrogens is 3. The van der Waals surface area contributed by atoms with E-state index in [9.17, 15) is 24.8 Å². The summed E-state index contributed by atoms with van der Waals surface area (Å²) in [4.78, 5) is 38.3. The SMILES string of the molecule is CCn1c(Cn2cnc([N+](=O)[O-])c2)cc(=O)c(C(=O)O)c1-c1ccc(Cl)c(Cl)c1. The Bertz CT molecular complexity index is 1190. The molecule has 0 saturated heterocycles. The molecule has 0 aliphatic heterocycles. The predicted octanol–water partition coefficient (Wildman–Crippen LogP) is 3.69. The summed E-state index contributed by atoms with van der Waals surface area (Å²) in [5.74, 6) is -1.70. The van der Waals surface area contributed by atoms with Crippen molar-refractivity contribution in [3.63, 3.8) is 0 Å². The number of hydrogen-bond donors (Lipinski definition) is 1. The molecule has 2 aromatic heterocycles. The quantitative estimate of drug-likeness (QED) is 0.464. The zero-order chi connectivity index (χ0) is 21.3. The molecule has 11 heteroatoms. The number of halogens is 2. The van der Waals surface area contributed by atoms with Crippen LogP contribution in [-0.2, 0) is 13.1 Å². The molecular weight excluding hydrogens is 423 g/mol. The van der Waals surface area contributed by atoms with Crippen molar-refractivity contribution in [1.29, 1.82) is 0 Å². The number of carbonyl (C=O) groups is 1. The van der Waals surface area contributed by atoms with E-state index in [0.29, 0.717) is 22.8 Å². The molecule has 0 unspecified atom stereocenters. The van der Waals surface area contributed by atoms with Gasteiger partial charge in [-0.1, -0.05) is 29.3 Å². The third-order valence-corrected chi connectivity index (χ3v) is 5.01. The molecular formula is C18H14Cl2N4O5. The van der Waals surface area contributed by atoms with E-state index in [4.69, 9.17) is 23.2 Å². The lowest BCUT2D eigenvalue weighted by molar-refractivity contribution is -0.389. The first kappa shape index (κ1) is 20.6. The molecule has 1 N–H and O–H groups in total. The second-order valence-electron chi connectivity index (χ2n) is 6.06. The van der Waals surface area contributed by atoms with E-state index >= 15 is 0 Å². The van der Waals surface area contributed by atoms with Crippen LogP contribution in [-0.4, -0.2) is 30.1 Å². The van der Waals surface area contributed by atoms with Crippen molar-refractivity contribution in [2.45, 2.75) is 20.0 Å². The minimum atomic E-state index is -1.37. The molecule has 0 bridgehead atoms. The lowest BCUT2D eigenvalue weighted by atomic mass is 10.0. The molecule has 0 fully saturated rings. The molecule has 9 nitrogen and oxygen atoms in total. The number of carboxylic acids is 1. The van der Waals surface area contributed by atoms with Crippen LogP contribution in [0.25, 0.3) is 11.3 Å². The van der Waals surface area contributed by atoms with Gasteiger partial charge in [-0.3, -0.25) is 4.79 Å². The van der Waals surface area contributed by atoms with E-state index in [2.05, 4.69) is 4.98 Å². The average Bonchev–Trinajstić information content (AvgIpc) is 3.12. The van der Waals surface area contributed by atoms with E-state index in [1.165, 1.54) is 35.3 Å². The van der Waals surface area contributed by atoms with Gasteiger partial charge in [-0.15, -0.1) is 0 Å². The zero-order valence-corrected chi connectivity index (χ0v) is 16.5. The Morgan fingerprint density at radius 1 is 1.28 bits per heavy atom. The maximum atomic E-state index is 12.6. The summed E-state index contributed by atoms with van der Waals surface area (Å²) in [6.07, 6.45) is 2.50. The molecule has 29 heavy (non-hydrogen) atoms. The summed E-state index contributed by atoms with van der Waals surface area (Å²) in [6.45, 7) is 2.21. The highest BCUT2D eigenvalue weighted by Gasteiger charge is 2.23. The summed E-state index contributed by atoms with van der Waals surface area (Å²) in [6, 6.07) is 5.79. The molecule has 0 saturated carbocycles. The number of carboxylic acid groups (broad SMARTS) is 1. The fourth-order valence-corrected chi connectivity index (χ4v) is 3.35. The zero-order valence-electron chi connectivity index (χ0n) is 15.0. The van der Waals surface area contributed by atoms with Gasteiger partial charge >= 0.3 is 11.8 Å². The van der Waals surface area contributed by atoms with Gasteiger partial charge < -0.3 is 24.4 Å². The van der Waals surface area contributed by atoms with E-state index in [1.54, 1.807) is 17.6 Å². The molecule has 0 aliphatic carbocycles. The van der Waals surface area contributed by atoms with Crippen LogP contribution >= 0.6 is 23.2 Å². The van der Waals surface area contributed by atoms with Gasteiger partial charge in [-0.25, -0.2) is 4.79 Å². The highest BCUT2D eigenvalue weighted by molar-refractivity contribution is 6.42. The van der Waals surface area contributed by atoms with E-state index < -0.39 is 21.9 Å². The number of pyridine rings is 1. The first-order chi connectivity index (χ1) is 13.7. The number of nitro groups is 1. The predicted molar refractivity (Wildman–Crippen MR) is 107 cm³/mol. The Morgan fingerprint density at radius 2 is 2.00 bits per heavy atom. The van der Waals surface area contributed by atoms with Crippen molar-refractivity contribution in [2.75, 3.05) is 0 Å². The summed E-state index contributed by atoms with van der Waals surface area (Å²) in [7, 11) is 0. The molecule has 0 amide bonds. The highest BCUT2D eigenvalue weighted by Crippen LogP contribution is 2.30. The van der Waals surface area contributed by atoms with E-state index in [1.807, 2.05) is 0 Å². The van der Waals surface area contributed by atoms with Gasteiger partial charge in [0.15, 0.2) is 5.43 Å². The third kappa shape index (κ3) is 4.01. The molecule has 0 atom stereocenters. The molecule has 0 aliphatic rings. The lowest BCUT2D eigenvalue weighted by Gasteiger charge is -2.20. The van der Waals surface area contributed by atoms with Crippen LogP contribution in [0.2, 0.25) is 10.0 Å². The Hall–Kier alpha value is -3.17. The highest BCUT2D eigenvalue weighted by atomic mass is 35.5. The summed E-state index contributed by atoms with van der Waals surface area (Å²) in [5.41, 5.74) is -0.0424. The van der Waals surface area contributed by atoms with Crippen LogP contribution in [0, 0.1) is 10.1 Å². The number of rotatable bonds is 6. The van der Waals surface area contributed by atoms with Crippen LogP contribution in [0.5, 0.6) is 0 Å². The Labute approximate surface area is 173 Å². The maximum absolute atomic E-state index is 12.6. The van der Waals surface area contributed by atoms with Gasteiger partial charge in [-0.05, 0) is 29.0 Å². The lowest BCUT2D eigenvalue weighted by Crippen LogP contribution is -2.24. The van der Waals surface area contributed by atoms with Gasteiger partial charge in [0.05, 0.1) is 22.3 Å². The summed E-state index contributed by atoms with van der Waals surface area (Å²) in [5, 5.41) is 21.0. The minimum Gasteiger partial charge on any atom is -0.477 e. The Kier molecular flexibility index (Phi) is 5.71. The van der Waals surface area contributed by atoms with Crippen LogP contribution in [0.4, 0.5) is 5.82 Å². The second-order valence-corrected chi connectivity index (χ2v) is 6.88. The average molecular weight is 437 g/mol. The van der Waals surface area contributed by atoms with E-state index in [0.717, 1.165) is 0 Å². The standard InChI is InChI=1S/C18H14Cl2N4O5/c1-2-23-11(7-22-8-15(21-9-22)24(28)29)6-14(25)16(18(26)27)17(23)10-3-4-12(19)13(20)5-10/h3-6,8-9H,2,7H2,1H3,(H,26,27). The smallest absolute Gasteiger partial charge is 0.381 e. The van der Waals surface area contributed by atoms with Gasteiger partial charge in [-0.2, -0.15) is 0 Å². The molecule has 3 aromatic rings. The topological polar surface area (TPSA) is 120 Å². The van der Waals surface area contributed by atoms with Crippen LogP contribution in [0.1, 0.15) is 23.0 Å². The normalized spacial score (nSPS) is 10.9. The van der Waals surface area contributed by atoms with Gasteiger partial charge in [0.25, 0.3) is 0 Å². The third-order valence-electron chi connectivity index (χ3n) is 4.27. The van der Waals surface area contributed by atoms with Crippen LogP contribution < -0.4 is 5.43 Å². The Balaban J connectivity index is 2.24. The number of imidazole rings is 1. The van der Waals surface area contributed by atoms with Crippen molar-refractivity contribution in [3.8, 4) is 11.3 Å². The van der Waals surface area contributed by atoms with Crippen molar-refractivity contribution in [1.82, 2.24) is 14.1 Å². The monoisotopic (exact) mass is 436 g/mol. The van der Waals surface area contributed by atoms with Crippen molar-refractivity contribution >= 4 is 35.0 Å². The molecule has 3 rings (SSSR count). The number of benzene rings is 1. The Morgan fingerprint density at radius 3 is 2.55 bits per heavy atom. The molecule has 2 heterocycles. The van der Waals surface area contributed by atoms with Gasteiger partial charge in [0, 0.05) is 23.9 Å². The first-order valence-corrected chi connectivity index (χ1v) is 9.10. The first-order valence-electron chi connectivity index (χ1n) is 8.34. The molecule has 0 radical (unpaired) electrons. The number of nitrogens with zero attached hydrogens (tertiary/aromatic N) is 4. The second kappa shape index (κ2) is 8.06. The summed E-state index contributed by atoms with van der Waals surface area (Å²) < 4.78 is 3.09. The fourth-order valence-electron chi connectivity index (χ4n) is 3.06. The summed E-state index contributed by atoms with van der Waals surface area (Å²) >= 11 is 12.0. The van der Waals surface area contributed by atoms with Crippen LogP contribution in [0.3, 0.4) is 0 Å². The van der Waals surface area contributed by atoms with Gasteiger partial charge in [0.2, 0.25) is 6.33 Å². The fraction of sp³-hybridized carbons (Fsp3) is 0.167. The maximum Gasteiger partial charge on any atom is 0.381 e. The number of hydrogen-bond acceptors (Lipinski definition) is 5. The molecule has 1 aromatic carbocycles. The van der Waals surface area contributed by atoms with Crippen molar-refractivity contribution < 1.29 is 14.8 Å². The van der Waals surface area contributed by atoms with E-state index in [-0.39, 0.29) is 23.1 Å². The molecule has 0 spiro atoms. The van der Waals surface area contributed by atoms with Crippen molar-refractivity contribution in [3.05, 3.63) is 78.4 Å².